The number of aromatic nitrogens is 4. The molecule has 1 amide bonds. The molecule has 3 rings (SSSR count). The summed E-state index contributed by atoms with van der Waals surface area (Å²) in [5.74, 6) is 1.14. The van der Waals surface area contributed by atoms with Crippen molar-refractivity contribution in [2.45, 2.75) is 45.8 Å². The Labute approximate surface area is 140 Å². The highest BCUT2D eigenvalue weighted by atomic mass is 16.5. The molecule has 0 aliphatic carbocycles. The standard InChI is InChI=1S/C16H23N5O3/c1-4-11(3)12-8-13(24-19-12)16(22)21-6-7-23-14(9-21)15-18-17-10-20(15)5-2/h8,10-11,14H,4-7,9H2,1-3H3. The average molecular weight is 333 g/mol. The number of aryl methyl sites for hydroxylation is 1. The summed E-state index contributed by atoms with van der Waals surface area (Å²) in [6.07, 6.45) is 2.35. The fraction of sp³-hybridized carbons (Fsp3) is 0.625. The van der Waals surface area contributed by atoms with Crippen molar-refractivity contribution in [1.82, 2.24) is 24.8 Å². The van der Waals surface area contributed by atoms with Crippen molar-refractivity contribution in [1.29, 1.82) is 0 Å². The molecule has 8 heteroatoms. The van der Waals surface area contributed by atoms with Crippen LogP contribution in [0.5, 0.6) is 0 Å². The first-order chi connectivity index (χ1) is 11.6. The van der Waals surface area contributed by atoms with Gasteiger partial charge in [0.1, 0.15) is 12.4 Å². The van der Waals surface area contributed by atoms with Crippen molar-refractivity contribution in [2.75, 3.05) is 19.7 Å². The van der Waals surface area contributed by atoms with Crippen molar-refractivity contribution < 1.29 is 14.1 Å². The number of morpholine rings is 1. The maximum Gasteiger partial charge on any atom is 0.292 e. The molecule has 1 aliphatic heterocycles. The average Bonchev–Trinajstić information content (AvgIpc) is 3.29. The quantitative estimate of drug-likeness (QED) is 0.832. The molecule has 0 radical (unpaired) electrons. The second kappa shape index (κ2) is 7.12. The lowest BCUT2D eigenvalue weighted by molar-refractivity contribution is -0.0294. The smallest absolute Gasteiger partial charge is 0.292 e. The zero-order valence-electron chi connectivity index (χ0n) is 14.3. The van der Waals surface area contributed by atoms with E-state index in [1.807, 2.05) is 11.5 Å². The molecule has 0 bridgehead atoms. The van der Waals surface area contributed by atoms with Gasteiger partial charge in [-0.1, -0.05) is 19.0 Å². The van der Waals surface area contributed by atoms with Gasteiger partial charge in [-0.05, 0) is 13.3 Å². The fourth-order valence-corrected chi connectivity index (χ4v) is 2.73. The zero-order valence-corrected chi connectivity index (χ0v) is 14.3. The van der Waals surface area contributed by atoms with Gasteiger partial charge in [-0.25, -0.2) is 0 Å². The molecule has 0 spiro atoms. The minimum Gasteiger partial charge on any atom is -0.366 e. The van der Waals surface area contributed by atoms with Crippen LogP contribution in [-0.4, -0.2) is 50.4 Å². The molecule has 2 aromatic heterocycles. The third-order valence-electron chi connectivity index (χ3n) is 4.48. The predicted octanol–water partition coefficient (Wildman–Crippen LogP) is 2.01. The summed E-state index contributed by atoms with van der Waals surface area (Å²) in [6.45, 7) is 8.33. The predicted molar refractivity (Wildman–Crippen MR) is 85.5 cm³/mol. The highest BCUT2D eigenvalue weighted by Gasteiger charge is 2.31. The van der Waals surface area contributed by atoms with Crippen LogP contribution in [0, 0.1) is 0 Å². The Balaban J connectivity index is 1.72. The van der Waals surface area contributed by atoms with Crippen LogP contribution in [0.3, 0.4) is 0 Å². The van der Waals surface area contributed by atoms with Gasteiger partial charge in [0.2, 0.25) is 5.76 Å². The number of amides is 1. The monoisotopic (exact) mass is 333 g/mol. The Morgan fingerprint density at radius 1 is 1.46 bits per heavy atom. The van der Waals surface area contributed by atoms with Crippen LogP contribution in [0.4, 0.5) is 0 Å². The second-order valence-electron chi connectivity index (χ2n) is 6.01. The van der Waals surface area contributed by atoms with E-state index >= 15 is 0 Å². The minimum atomic E-state index is -0.276. The molecule has 0 saturated carbocycles. The van der Waals surface area contributed by atoms with Crippen LogP contribution >= 0.6 is 0 Å². The van der Waals surface area contributed by atoms with Gasteiger partial charge in [0.15, 0.2) is 5.82 Å². The van der Waals surface area contributed by atoms with Gasteiger partial charge in [0.05, 0.1) is 18.8 Å². The molecular weight excluding hydrogens is 310 g/mol. The van der Waals surface area contributed by atoms with Crippen LogP contribution in [0.1, 0.15) is 61.3 Å². The molecule has 1 fully saturated rings. The number of carbonyl (C=O) groups is 1. The fourth-order valence-electron chi connectivity index (χ4n) is 2.73. The van der Waals surface area contributed by atoms with Gasteiger partial charge in [-0.2, -0.15) is 0 Å². The molecule has 24 heavy (non-hydrogen) atoms. The van der Waals surface area contributed by atoms with E-state index in [4.69, 9.17) is 9.26 Å². The topological polar surface area (TPSA) is 86.3 Å². The molecule has 2 unspecified atom stereocenters. The Morgan fingerprint density at radius 3 is 3.04 bits per heavy atom. The van der Waals surface area contributed by atoms with Crippen molar-refractivity contribution >= 4 is 5.91 Å². The van der Waals surface area contributed by atoms with Crippen molar-refractivity contribution in [3.8, 4) is 0 Å². The van der Waals surface area contributed by atoms with Gasteiger partial charge >= 0.3 is 0 Å². The van der Waals surface area contributed by atoms with Crippen LogP contribution in [0.25, 0.3) is 0 Å². The Kier molecular flexibility index (Phi) is 4.94. The highest BCUT2D eigenvalue weighted by Crippen LogP contribution is 2.23. The number of hydrogen-bond donors (Lipinski definition) is 0. The summed E-state index contributed by atoms with van der Waals surface area (Å²) < 4.78 is 13.0. The third kappa shape index (κ3) is 3.19. The lowest BCUT2D eigenvalue weighted by Gasteiger charge is -2.31. The van der Waals surface area contributed by atoms with E-state index in [1.165, 1.54) is 0 Å². The Bertz CT molecular complexity index is 695. The molecule has 1 aliphatic rings. The van der Waals surface area contributed by atoms with E-state index in [9.17, 15) is 4.79 Å². The second-order valence-corrected chi connectivity index (χ2v) is 6.01. The first-order valence-electron chi connectivity index (χ1n) is 8.39. The number of carbonyl (C=O) groups excluding carboxylic acids is 1. The van der Waals surface area contributed by atoms with Crippen LogP contribution in [0.15, 0.2) is 16.9 Å². The lowest BCUT2D eigenvalue weighted by atomic mass is 10.1. The number of hydrogen-bond acceptors (Lipinski definition) is 6. The van der Waals surface area contributed by atoms with Crippen molar-refractivity contribution in [3.63, 3.8) is 0 Å². The molecule has 0 N–H and O–H groups in total. The summed E-state index contributed by atoms with van der Waals surface area (Å²) in [5.41, 5.74) is 0.816. The summed E-state index contributed by atoms with van der Waals surface area (Å²) in [5, 5.41) is 12.1. The van der Waals surface area contributed by atoms with Crippen LogP contribution in [0.2, 0.25) is 0 Å². The van der Waals surface area contributed by atoms with E-state index in [-0.39, 0.29) is 23.7 Å². The van der Waals surface area contributed by atoms with Gasteiger partial charge in [0, 0.05) is 25.1 Å². The molecule has 0 aromatic carbocycles. The summed E-state index contributed by atoms with van der Waals surface area (Å²) >= 11 is 0. The third-order valence-corrected chi connectivity index (χ3v) is 4.48. The maximum absolute atomic E-state index is 12.7. The SMILES string of the molecule is CCC(C)c1cc(C(=O)N2CCOC(c3nncn3CC)C2)on1. The van der Waals surface area contributed by atoms with Crippen LogP contribution < -0.4 is 0 Å². The molecule has 3 heterocycles. The highest BCUT2D eigenvalue weighted by molar-refractivity contribution is 5.91. The summed E-state index contributed by atoms with van der Waals surface area (Å²) in [7, 11) is 0. The lowest BCUT2D eigenvalue weighted by Crippen LogP contribution is -2.42. The van der Waals surface area contributed by atoms with Crippen molar-refractivity contribution in [2.24, 2.45) is 0 Å². The Morgan fingerprint density at radius 2 is 2.29 bits per heavy atom. The van der Waals surface area contributed by atoms with E-state index in [2.05, 4.69) is 29.2 Å². The first kappa shape index (κ1) is 16.6. The first-order valence-corrected chi connectivity index (χ1v) is 8.39. The van der Waals surface area contributed by atoms with E-state index < -0.39 is 0 Å². The summed E-state index contributed by atoms with van der Waals surface area (Å²) in [4.78, 5) is 14.4. The van der Waals surface area contributed by atoms with Gasteiger partial charge in [0.25, 0.3) is 5.91 Å². The minimum absolute atomic E-state index is 0.159. The van der Waals surface area contributed by atoms with Crippen LogP contribution in [-0.2, 0) is 11.3 Å². The van der Waals surface area contributed by atoms with E-state index in [0.29, 0.717) is 19.7 Å². The number of ether oxygens (including phenoxy) is 1. The van der Waals surface area contributed by atoms with E-state index in [1.54, 1.807) is 17.3 Å². The molecule has 2 atom stereocenters. The molecule has 2 aromatic rings. The van der Waals surface area contributed by atoms with E-state index in [0.717, 1.165) is 24.5 Å². The molecule has 130 valence electrons. The van der Waals surface area contributed by atoms with Gasteiger partial charge in [-0.15, -0.1) is 10.2 Å². The number of rotatable bonds is 5. The normalized spacial score (nSPS) is 19.5. The summed E-state index contributed by atoms with van der Waals surface area (Å²) in [6, 6.07) is 1.75. The maximum atomic E-state index is 12.7. The number of nitrogens with zero attached hydrogens (tertiary/aromatic N) is 5. The molecular formula is C16H23N5O3. The Hall–Kier alpha value is -2.22. The molecule has 1 saturated heterocycles. The van der Waals surface area contributed by atoms with Crippen molar-refractivity contribution in [3.05, 3.63) is 29.7 Å². The molecule has 8 nitrogen and oxygen atoms in total. The largest absolute Gasteiger partial charge is 0.366 e. The van der Waals surface area contributed by atoms with Gasteiger partial charge in [-0.3, -0.25) is 4.79 Å². The zero-order chi connectivity index (χ0) is 17.1. The van der Waals surface area contributed by atoms with Gasteiger partial charge < -0.3 is 18.7 Å².